The number of carbonyl (C=O) groups excluding carboxylic acids is 3. The van der Waals surface area contributed by atoms with Crippen LogP contribution in [0.3, 0.4) is 0 Å². The van der Waals surface area contributed by atoms with Crippen molar-refractivity contribution in [1.82, 2.24) is 0 Å². The van der Waals surface area contributed by atoms with E-state index in [-0.39, 0.29) is 51.2 Å². The monoisotopic (exact) mass is 420 g/mol. The Morgan fingerprint density at radius 1 is 0.875 bits per heavy atom. The van der Waals surface area contributed by atoms with Crippen molar-refractivity contribution in [3.8, 4) is 0 Å². The molecule has 7 nitrogen and oxygen atoms in total. The molecule has 0 amide bonds. The minimum Gasteiger partial charge on any atom is -0.462 e. The molecule has 24 heavy (non-hydrogen) atoms. The van der Waals surface area contributed by atoms with E-state index in [1.807, 2.05) is 0 Å². The summed E-state index contributed by atoms with van der Waals surface area (Å²) in [6, 6.07) is 0. The molecule has 0 saturated heterocycles. The zero-order valence-electron chi connectivity index (χ0n) is 13.3. The predicted molar refractivity (Wildman–Crippen MR) is 103 cm³/mol. The Balaban J connectivity index is 0. The van der Waals surface area contributed by atoms with Gasteiger partial charge >= 0.3 is 17.9 Å². The summed E-state index contributed by atoms with van der Waals surface area (Å²) in [6.45, 7) is 1.52. The summed E-state index contributed by atoms with van der Waals surface area (Å²) in [5.74, 6) is -0.292. The van der Waals surface area contributed by atoms with Crippen LogP contribution in [0.4, 0.5) is 0 Å². The highest BCUT2D eigenvalue weighted by molar-refractivity contribution is 8.01. The molecule has 0 radical (unpaired) electrons. The summed E-state index contributed by atoms with van der Waals surface area (Å²) < 4.78 is 12.9. The van der Waals surface area contributed by atoms with Gasteiger partial charge in [-0.2, -0.15) is 50.5 Å². The maximum Gasteiger partial charge on any atom is 0.331 e. The first-order valence-corrected chi connectivity index (χ1v) is 9.10. The molecule has 0 aromatic rings. The van der Waals surface area contributed by atoms with E-state index in [1.54, 1.807) is 0 Å². The molecule has 0 aliphatic heterocycles. The van der Waals surface area contributed by atoms with Crippen molar-refractivity contribution >= 4 is 68.4 Å². The van der Waals surface area contributed by atoms with Gasteiger partial charge in [0.2, 0.25) is 0 Å². The summed E-state index contributed by atoms with van der Waals surface area (Å²) in [7, 11) is 0. The fourth-order valence-electron chi connectivity index (χ4n) is 0.913. The molecule has 0 unspecified atom stereocenters. The van der Waals surface area contributed by atoms with Crippen LogP contribution in [-0.4, -0.2) is 65.0 Å². The highest BCUT2D eigenvalue weighted by atomic mass is 32.2. The molecule has 1 N–H and O–H groups in total. The number of ether oxygens (including phenoxy) is 3. The van der Waals surface area contributed by atoms with Crippen LogP contribution in [0.2, 0.25) is 0 Å². The van der Waals surface area contributed by atoms with Crippen LogP contribution >= 0.6 is 50.5 Å². The highest BCUT2D eigenvalue weighted by Crippen LogP contribution is 2.19. The number of aliphatic hydroxyl groups is 1. The second kappa shape index (κ2) is 16.2. The van der Waals surface area contributed by atoms with E-state index in [1.165, 1.54) is 6.92 Å². The van der Waals surface area contributed by atoms with Gasteiger partial charge < -0.3 is 19.3 Å². The Hall–Kier alpha value is -0.230. The lowest BCUT2D eigenvalue weighted by Gasteiger charge is -2.13. The molecule has 0 aliphatic rings. The number of hydrogen-bond acceptors (Lipinski definition) is 11. The van der Waals surface area contributed by atoms with Crippen LogP contribution < -0.4 is 0 Å². The molecule has 0 rings (SSSR count). The Morgan fingerprint density at radius 3 is 1.58 bits per heavy atom. The Morgan fingerprint density at radius 2 is 1.29 bits per heavy atom. The molecular weight excluding hydrogens is 396 g/mol. The maximum atomic E-state index is 10.8. The minimum atomic E-state index is -1.07. The fourth-order valence-corrected chi connectivity index (χ4v) is 1.41. The Kier molecular flexibility index (Phi) is 17.6. The summed E-state index contributed by atoms with van der Waals surface area (Å²) in [6.07, 6.45) is 0.543. The van der Waals surface area contributed by atoms with Gasteiger partial charge in [0, 0.05) is 11.5 Å². The van der Waals surface area contributed by atoms with Crippen molar-refractivity contribution in [3.63, 3.8) is 0 Å². The van der Waals surface area contributed by atoms with Crippen LogP contribution in [0.5, 0.6) is 0 Å². The Bertz CT molecular complexity index is 352. The zero-order chi connectivity index (χ0) is 19.0. The van der Waals surface area contributed by atoms with E-state index in [0.717, 1.165) is 0 Å². The maximum absolute atomic E-state index is 10.8. The lowest BCUT2D eigenvalue weighted by Crippen LogP contribution is -2.25. The van der Waals surface area contributed by atoms with Crippen LogP contribution in [0.25, 0.3) is 0 Å². The van der Waals surface area contributed by atoms with Crippen molar-refractivity contribution in [2.45, 2.75) is 23.8 Å². The SMILES string of the molecule is CC(S)(S)C(=O)OCCO.O=C(CCS)OCCOC(=O)CCS. The second-order valence-corrected chi connectivity index (χ2v) is 7.30. The standard InChI is InChI=1S/C8H14O4S2.C5H10O3S2/c9-7(1-5-13)11-3-4-12-8(10)2-6-14;1-5(9,10)4(7)8-3-2-6/h13-14H,1-6H2;6,9-10H,2-3H2,1H3. The first-order valence-electron chi connectivity index (χ1n) is 6.94. The number of aliphatic hydroxyl groups excluding tert-OH is 1. The molecule has 0 fully saturated rings. The third-order valence-electron chi connectivity index (χ3n) is 1.95. The number of carbonyl (C=O) groups is 3. The summed E-state index contributed by atoms with van der Waals surface area (Å²) >= 11 is 15.4. The van der Waals surface area contributed by atoms with Gasteiger partial charge in [-0.25, -0.2) is 4.79 Å². The Labute approximate surface area is 163 Å². The molecule has 0 saturated carbocycles. The summed E-state index contributed by atoms with van der Waals surface area (Å²) in [5, 5.41) is 8.25. The lowest BCUT2D eigenvalue weighted by atomic mass is 10.5. The van der Waals surface area contributed by atoms with E-state index in [2.05, 4.69) is 55.3 Å². The van der Waals surface area contributed by atoms with Crippen LogP contribution in [0, 0.1) is 0 Å². The largest absolute Gasteiger partial charge is 0.462 e. The molecule has 11 heteroatoms. The van der Waals surface area contributed by atoms with E-state index < -0.39 is 10.0 Å². The van der Waals surface area contributed by atoms with Crippen LogP contribution in [-0.2, 0) is 28.6 Å². The van der Waals surface area contributed by atoms with Crippen molar-refractivity contribution < 1.29 is 33.7 Å². The normalized spacial score (nSPS) is 10.2. The molecule has 0 aromatic carbocycles. The summed E-state index contributed by atoms with van der Waals surface area (Å²) in [5.41, 5.74) is 0. The minimum absolute atomic E-state index is 0.00442. The smallest absolute Gasteiger partial charge is 0.331 e. The molecule has 0 heterocycles. The third kappa shape index (κ3) is 18.1. The van der Waals surface area contributed by atoms with Crippen molar-refractivity contribution in [3.05, 3.63) is 0 Å². The molecular formula is C13H24O7S4. The zero-order valence-corrected chi connectivity index (χ0v) is 16.9. The molecule has 0 aliphatic carbocycles. The average Bonchev–Trinajstić information content (AvgIpc) is 2.49. The molecule has 0 spiro atoms. The van der Waals surface area contributed by atoms with Gasteiger partial charge in [0.15, 0.2) is 4.08 Å². The molecule has 0 aromatic heterocycles. The van der Waals surface area contributed by atoms with Crippen LogP contribution in [0.1, 0.15) is 19.8 Å². The topological polar surface area (TPSA) is 99.1 Å². The van der Waals surface area contributed by atoms with Gasteiger partial charge in [-0.3, -0.25) is 9.59 Å². The van der Waals surface area contributed by atoms with Gasteiger partial charge in [0.25, 0.3) is 0 Å². The average molecular weight is 421 g/mol. The van der Waals surface area contributed by atoms with Crippen molar-refractivity contribution in [2.75, 3.05) is 37.9 Å². The van der Waals surface area contributed by atoms with Crippen LogP contribution in [0.15, 0.2) is 0 Å². The van der Waals surface area contributed by atoms with E-state index >= 15 is 0 Å². The van der Waals surface area contributed by atoms with Gasteiger partial charge in [0.1, 0.15) is 19.8 Å². The third-order valence-corrected chi connectivity index (χ3v) is 2.76. The van der Waals surface area contributed by atoms with Crippen molar-refractivity contribution in [1.29, 1.82) is 0 Å². The first-order chi connectivity index (χ1) is 11.2. The first kappa shape index (κ1) is 26.0. The number of rotatable bonds is 10. The van der Waals surface area contributed by atoms with Gasteiger partial charge in [0.05, 0.1) is 19.4 Å². The number of thiol groups is 4. The van der Waals surface area contributed by atoms with Gasteiger partial charge in [-0.1, -0.05) is 0 Å². The number of esters is 3. The lowest BCUT2D eigenvalue weighted by molar-refractivity contribution is -0.151. The second-order valence-electron chi connectivity index (χ2n) is 4.27. The van der Waals surface area contributed by atoms with Gasteiger partial charge in [-0.15, -0.1) is 0 Å². The van der Waals surface area contributed by atoms with Gasteiger partial charge in [-0.05, 0) is 6.92 Å². The molecule has 0 bridgehead atoms. The summed E-state index contributed by atoms with van der Waals surface area (Å²) in [4.78, 5) is 32.3. The molecule has 0 atom stereocenters. The highest BCUT2D eigenvalue weighted by Gasteiger charge is 2.25. The van der Waals surface area contributed by atoms with E-state index in [9.17, 15) is 14.4 Å². The van der Waals surface area contributed by atoms with E-state index in [0.29, 0.717) is 11.5 Å². The quantitative estimate of drug-likeness (QED) is 0.117. The fraction of sp³-hybridized carbons (Fsp3) is 0.769. The predicted octanol–water partition coefficient (Wildman–Crippen LogP) is 0.810. The van der Waals surface area contributed by atoms with E-state index in [4.69, 9.17) is 14.6 Å². The number of hydrogen-bond donors (Lipinski definition) is 5. The van der Waals surface area contributed by atoms with Crippen molar-refractivity contribution in [2.24, 2.45) is 0 Å². The molecule has 142 valence electrons.